The van der Waals surface area contributed by atoms with Crippen LogP contribution in [0.15, 0.2) is 164 Å². The van der Waals surface area contributed by atoms with E-state index in [4.69, 9.17) is 0 Å². The zero-order chi connectivity index (χ0) is 30.6. The number of nitriles is 1. The molecule has 3 heteroatoms. The van der Waals surface area contributed by atoms with E-state index >= 15 is 0 Å². The number of nitrogens with zero attached hydrogens (tertiary/aromatic N) is 3. The van der Waals surface area contributed by atoms with Gasteiger partial charge in [-0.3, -0.25) is 0 Å². The summed E-state index contributed by atoms with van der Waals surface area (Å²) in [7, 11) is 0. The molecule has 0 spiro atoms. The average Bonchev–Trinajstić information content (AvgIpc) is 3.64. The van der Waals surface area contributed by atoms with Gasteiger partial charge in [-0.05, 0) is 65.2 Å². The molecule has 0 fully saturated rings. The smallest absolute Gasteiger partial charge is 0.102 e. The Morgan fingerprint density at radius 1 is 0.391 bits per heavy atom. The molecule has 0 saturated heterocycles. The molecule has 2 aromatic heterocycles. The lowest BCUT2D eigenvalue weighted by atomic mass is 9.94. The van der Waals surface area contributed by atoms with Crippen LogP contribution in [-0.4, -0.2) is 9.13 Å². The summed E-state index contributed by atoms with van der Waals surface area (Å²) in [5.41, 5.74) is 11.2. The SMILES string of the molecule is N#Cc1c(-c2cc(-c3ccccc3)cc(-n3c4ccccc4c4ccccc43)c2)cccc1-n1c2ccccc2c2ccccc21. The molecule has 0 bridgehead atoms. The molecule has 0 saturated carbocycles. The van der Waals surface area contributed by atoms with Gasteiger partial charge in [0.15, 0.2) is 0 Å². The molecule has 0 aliphatic rings. The molecule has 0 atom stereocenters. The molecule has 0 amide bonds. The Balaban J connectivity index is 1.35. The fraction of sp³-hybridized carbons (Fsp3) is 0. The lowest BCUT2D eigenvalue weighted by Crippen LogP contribution is -2.00. The molecule has 7 aromatic carbocycles. The van der Waals surface area contributed by atoms with Crippen molar-refractivity contribution in [3.8, 4) is 39.7 Å². The second-order valence-corrected chi connectivity index (χ2v) is 11.7. The van der Waals surface area contributed by atoms with Gasteiger partial charge in [0.2, 0.25) is 0 Å². The molecular formula is C43H27N3. The third-order valence-electron chi connectivity index (χ3n) is 9.15. The predicted octanol–water partition coefficient (Wildman–Crippen LogP) is 11.1. The second-order valence-electron chi connectivity index (χ2n) is 11.7. The van der Waals surface area contributed by atoms with E-state index in [1.54, 1.807) is 0 Å². The number of rotatable bonds is 4. The van der Waals surface area contributed by atoms with Crippen LogP contribution in [0.2, 0.25) is 0 Å². The summed E-state index contributed by atoms with van der Waals surface area (Å²) in [6, 6.07) is 60.1. The minimum Gasteiger partial charge on any atom is -0.309 e. The van der Waals surface area contributed by atoms with Crippen LogP contribution in [0.5, 0.6) is 0 Å². The van der Waals surface area contributed by atoms with Gasteiger partial charge >= 0.3 is 0 Å². The van der Waals surface area contributed by atoms with E-state index in [1.807, 2.05) is 6.07 Å². The van der Waals surface area contributed by atoms with E-state index in [0.29, 0.717) is 5.56 Å². The van der Waals surface area contributed by atoms with Gasteiger partial charge in [-0.25, -0.2) is 0 Å². The van der Waals surface area contributed by atoms with Crippen LogP contribution in [0.25, 0.3) is 77.2 Å². The highest BCUT2D eigenvalue weighted by atomic mass is 15.0. The Labute approximate surface area is 266 Å². The summed E-state index contributed by atoms with van der Waals surface area (Å²) in [6.07, 6.45) is 0. The van der Waals surface area contributed by atoms with Crippen LogP contribution in [0.1, 0.15) is 5.56 Å². The molecule has 0 aliphatic carbocycles. The van der Waals surface area contributed by atoms with Crippen LogP contribution >= 0.6 is 0 Å². The van der Waals surface area contributed by atoms with Crippen LogP contribution in [0.4, 0.5) is 0 Å². The molecule has 9 aromatic rings. The van der Waals surface area contributed by atoms with Gasteiger partial charge in [0, 0.05) is 32.8 Å². The van der Waals surface area contributed by atoms with Gasteiger partial charge in [0.1, 0.15) is 6.07 Å². The maximum Gasteiger partial charge on any atom is 0.102 e. The van der Waals surface area contributed by atoms with E-state index in [-0.39, 0.29) is 0 Å². The number of benzene rings is 7. The highest BCUT2D eigenvalue weighted by molar-refractivity contribution is 6.10. The Hall–Kier alpha value is -6.37. The molecule has 46 heavy (non-hydrogen) atoms. The van der Waals surface area contributed by atoms with Crippen molar-refractivity contribution in [2.24, 2.45) is 0 Å². The summed E-state index contributed by atoms with van der Waals surface area (Å²) < 4.78 is 4.59. The van der Waals surface area contributed by atoms with Crippen molar-refractivity contribution in [1.29, 1.82) is 5.26 Å². The van der Waals surface area contributed by atoms with Crippen LogP contribution < -0.4 is 0 Å². The van der Waals surface area contributed by atoms with Crippen molar-refractivity contribution in [1.82, 2.24) is 9.13 Å². The highest BCUT2D eigenvalue weighted by Crippen LogP contribution is 2.39. The van der Waals surface area contributed by atoms with Gasteiger partial charge in [0.25, 0.3) is 0 Å². The third kappa shape index (κ3) is 3.91. The van der Waals surface area contributed by atoms with Gasteiger partial charge in [-0.2, -0.15) is 5.26 Å². The Morgan fingerprint density at radius 3 is 1.41 bits per heavy atom. The summed E-state index contributed by atoms with van der Waals surface area (Å²) in [4.78, 5) is 0. The number of hydrogen-bond acceptors (Lipinski definition) is 1. The normalized spacial score (nSPS) is 11.5. The van der Waals surface area contributed by atoms with Crippen molar-refractivity contribution < 1.29 is 0 Å². The maximum absolute atomic E-state index is 10.9. The quantitative estimate of drug-likeness (QED) is 0.202. The first-order valence-electron chi connectivity index (χ1n) is 15.5. The zero-order valence-electron chi connectivity index (χ0n) is 24.9. The first-order chi connectivity index (χ1) is 22.8. The van der Waals surface area contributed by atoms with E-state index < -0.39 is 0 Å². The van der Waals surface area contributed by atoms with Crippen LogP contribution in [0, 0.1) is 11.3 Å². The minimum absolute atomic E-state index is 0.646. The van der Waals surface area contributed by atoms with Crippen molar-refractivity contribution in [2.45, 2.75) is 0 Å². The third-order valence-corrected chi connectivity index (χ3v) is 9.15. The largest absolute Gasteiger partial charge is 0.309 e. The lowest BCUT2D eigenvalue weighted by molar-refractivity contribution is 1.16. The Kier molecular flexibility index (Phi) is 5.88. The second kappa shape index (κ2) is 10.4. The maximum atomic E-state index is 10.9. The van der Waals surface area contributed by atoms with Gasteiger partial charge in [0.05, 0.1) is 33.3 Å². The van der Waals surface area contributed by atoms with E-state index in [2.05, 4.69) is 173 Å². The zero-order valence-corrected chi connectivity index (χ0v) is 24.9. The molecule has 9 rings (SSSR count). The average molecular weight is 586 g/mol. The fourth-order valence-corrected chi connectivity index (χ4v) is 7.16. The molecule has 0 unspecified atom stereocenters. The van der Waals surface area contributed by atoms with Gasteiger partial charge in [-0.15, -0.1) is 0 Å². The minimum atomic E-state index is 0.646. The first-order valence-corrected chi connectivity index (χ1v) is 15.5. The van der Waals surface area contributed by atoms with Crippen LogP contribution in [0.3, 0.4) is 0 Å². The first kappa shape index (κ1) is 26.1. The van der Waals surface area contributed by atoms with E-state index in [0.717, 1.165) is 55.7 Å². The topological polar surface area (TPSA) is 33.6 Å². The number of aromatic nitrogens is 2. The molecule has 0 N–H and O–H groups in total. The van der Waals surface area contributed by atoms with Crippen molar-refractivity contribution in [3.63, 3.8) is 0 Å². The molecular weight excluding hydrogens is 558 g/mol. The number of para-hydroxylation sites is 4. The molecule has 0 aliphatic heterocycles. The fourth-order valence-electron chi connectivity index (χ4n) is 7.16. The summed E-state index contributed by atoms with van der Waals surface area (Å²) in [5, 5.41) is 15.6. The molecule has 3 nitrogen and oxygen atoms in total. The summed E-state index contributed by atoms with van der Waals surface area (Å²) in [6.45, 7) is 0. The van der Waals surface area contributed by atoms with Gasteiger partial charge < -0.3 is 9.13 Å². The Morgan fingerprint density at radius 2 is 0.870 bits per heavy atom. The van der Waals surface area contributed by atoms with Crippen LogP contribution in [-0.2, 0) is 0 Å². The molecule has 2 heterocycles. The van der Waals surface area contributed by atoms with Crippen molar-refractivity contribution in [3.05, 3.63) is 169 Å². The van der Waals surface area contributed by atoms with Crippen molar-refractivity contribution in [2.75, 3.05) is 0 Å². The van der Waals surface area contributed by atoms with Gasteiger partial charge in [-0.1, -0.05) is 115 Å². The Bertz CT molecular complexity index is 2540. The van der Waals surface area contributed by atoms with E-state index in [1.165, 1.54) is 21.5 Å². The summed E-state index contributed by atoms with van der Waals surface area (Å²) in [5.74, 6) is 0. The monoisotopic (exact) mass is 585 g/mol. The van der Waals surface area contributed by atoms with E-state index in [9.17, 15) is 5.26 Å². The summed E-state index contributed by atoms with van der Waals surface area (Å²) >= 11 is 0. The molecule has 214 valence electrons. The van der Waals surface area contributed by atoms with Crippen molar-refractivity contribution >= 4 is 43.6 Å². The number of hydrogen-bond donors (Lipinski definition) is 0. The molecule has 0 radical (unpaired) electrons. The predicted molar refractivity (Wildman–Crippen MR) is 191 cm³/mol. The highest BCUT2D eigenvalue weighted by Gasteiger charge is 2.19. The lowest BCUT2D eigenvalue weighted by Gasteiger charge is -2.17. The standard InChI is InChI=1S/C43H27N3/c44-28-38-33(19-12-24-43(38)46-41-22-10-6-17-36(41)37-18-7-11-23-42(37)46)31-25-30(29-13-2-1-3-14-29)26-32(27-31)45-39-20-8-4-15-34(39)35-16-5-9-21-40(35)45/h1-27H. The number of fused-ring (bicyclic) bond motifs is 6.